The third-order valence-electron chi connectivity index (χ3n) is 5.55. The van der Waals surface area contributed by atoms with E-state index < -0.39 is 11.6 Å². The van der Waals surface area contributed by atoms with Crippen LogP contribution in [0.5, 0.6) is 0 Å². The quantitative estimate of drug-likeness (QED) is 0.887. The van der Waals surface area contributed by atoms with Crippen LogP contribution in [0, 0.1) is 5.82 Å². The number of nitrogens with two attached hydrogens (primary N) is 1. The highest BCUT2D eigenvalue weighted by molar-refractivity contribution is 5.82. The van der Waals surface area contributed by atoms with Gasteiger partial charge in [-0.2, -0.15) is 0 Å². The van der Waals surface area contributed by atoms with Crippen molar-refractivity contribution in [2.45, 2.75) is 36.8 Å². The lowest BCUT2D eigenvalue weighted by Crippen LogP contribution is -2.42. The van der Waals surface area contributed by atoms with Gasteiger partial charge in [0, 0.05) is 13.1 Å². The van der Waals surface area contributed by atoms with Crippen LogP contribution in [0.3, 0.4) is 0 Å². The summed E-state index contributed by atoms with van der Waals surface area (Å²) in [7, 11) is 0. The number of likely N-dealkylation sites (tertiary alicyclic amines) is 1. The summed E-state index contributed by atoms with van der Waals surface area (Å²) in [5.41, 5.74) is 8.19. The number of hydrogen-bond donors (Lipinski definition) is 2. The monoisotopic (exact) mass is 354 g/mol. The van der Waals surface area contributed by atoms with Gasteiger partial charge in [0.1, 0.15) is 5.82 Å². The largest absolute Gasteiger partial charge is 0.378 e. The van der Waals surface area contributed by atoms with Crippen LogP contribution in [0.2, 0.25) is 0 Å². The standard InChI is InChI=1S/C21H23FN2O2/c22-18-3-1-2-17(12-18)21(23)10-11-24(13-21)20(26)19(25)16-8-6-15(7-9-16)14-4-5-14/h1-3,6-9,12,14,19,25H,4-5,10-11,13,23H2. The van der Waals surface area contributed by atoms with Gasteiger partial charge >= 0.3 is 0 Å². The molecule has 1 amide bonds. The van der Waals surface area contributed by atoms with Crippen LogP contribution in [0.25, 0.3) is 0 Å². The average Bonchev–Trinajstić information content (AvgIpc) is 3.43. The van der Waals surface area contributed by atoms with Gasteiger partial charge in [-0.1, -0.05) is 36.4 Å². The molecule has 136 valence electrons. The Bertz CT molecular complexity index is 819. The molecule has 2 unspecified atom stereocenters. The highest BCUT2D eigenvalue weighted by Gasteiger charge is 2.40. The minimum Gasteiger partial charge on any atom is -0.378 e. The predicted octanol–water partition coefficient (Wildman–Crippen LogP) is 2.82. The van der Waals surface area contributed by atoms with Gasteiger partial charge in [0.2, 0.25) is 0 Å². The summed E-state index contributed by atoms with van der Waals surface area (Å²) in [5.74, 6) is -0.0552. The minimum absolute atomic E-state index is 0.270. The molecule has 3 N–H and O–H groups in total. The molecule has 5 heteroatoms. The first-order chi connectivity index (χ1) is 12.5. The van der Waals surface area contributed by atoms with Gasteiger partial charge in [0.05, 0.1) is 5.54 Å². The molecule has 2 aromatic carbocycles. The first-order valence-corrected chi connectivity index (χ1v) is 9.08. The fraction of sp³-hybridized carbons (Fsp3) is 0.381. The van der Waals surface area contributed by atoms with Crippen molar-refractivity contribution >= 4 is 5.91 Å². The number of carbonyl (C=O) groups excluding carboxylic acids is 1. The van der Waals surface area contributed by atoms with Crippen molar-refractivity contribution in [3.63, 3.8) is 0 Å². The smallest absolute Gasteiger partial charge is 0.256 e. The predicted molar refractivity (Wildman–Crippen MR) is 96.8 cm³/mol. The molecule has 0 bridgehead atoms. The number of rotatable bonds is 4. The summed E-state index contributed by atoms with van der Waals surface area (Å²) in [6.07, 6.45) is 1.77. The molecule has 4 nitrogen and oxygen atoms in total. The Morgan fingerprint density at radius 3 is 2.62 bits per heavy atom. The lowest BCUT2D eigenvalue weighted by molar-refractivity contribution is -0.139. The zero-order chi connectivity index (χ0) is 18.3. The van der Waals surface area contributed by atoms with Crippen molar-refractivity contribution in [2.24, 2.45) is 5.73 Å². The van der Waals surface area contributed by atoms with Gasteiger partial charge in [0.25, 0.3) is 5.91 Å². The number of benzene rings is 2. The number of nitrogens with zero attached hydrogens (tertiary/aromatic N) is 1. The van der Waals surface area contributed by atoms with Gasteiger partial charge < -0.3 is 15.7 Å². The Hall–Kier alpha value is -2.24. The molecule has 2 atom stereocenters. The Balaban J connectivity index is 1.46. The summed E-state index contributed by atoms with van der Waals surface area (Å²) in [6.45, 7) is 0.718. The van der Waals surface area contributed by atoms with E-state index in [9.17, 15) is 14.3 Å². The van der Waals surface area contributed by atoms with E-state index >= 15 is 0 Å². The van der Waals surface area contributed by atoms with E-state index in [-0.39, 0.29) is 18.3 Å². The number of carbonyl (C=O) groups is 1. The normalized spacial score (nSPS) is 23.9. The maximum Gasteiger partial charge on any atom is 0.256 e. The second-order valence-corrected chi connectivity index (χ2v) is 7.52. The topological polar surface area (TPSA) is 66.6 Å². The first kappa shape index (κ1) is 17.2. The molecular weight excluding hydrogens is 331 g/mol. The average molecular weight is 354 g/mol. The molecule has 2 aromatic rings. The molecule has 2 fully saturated rings. The highest BCUT2D eigenvalue weighted by atomic mass is 19.1. The van der Waals surface area contributed by atoms with E-state index in [2.05, 4.69) is 0 Å². The molecule has 4 rings (SSSR count). The summed E-state index contributed by atoms with van der Waals surface area (Å²) in [6, 6.07) is 13.8. The zero-order valence-corrected chi connectivity index (χ0v) is 14.6. The first-order valence-electron chi connectivity index (χ1n) is 9.08. The number of amides is 1. The van der Waals surface area contributed by atoms with E-state index in [1.54, 1.807) is 17.0 Å². The van der Waals surface area contributed by atoms with E-state index in [1.165, 1.54) is 30.5 Å². The van der Waals surface area contributed by atoms with Gasteiger partial charge in [-0.3, -0.25) is 4.79 Å². The third-order valence-corrected chi connectivity index (χ3v) is 5.55. The van der Waals surface area contributed by atoms with Crippen LogP contribution in [0.4, 0.5) is 4.39 Å². The summed E-state index contributed by atoms with van der Waals surface area (Å²) in [5, 5.41) is 10.5. The van der Waals surface area contributed by atoms with E-state index in [0.29, 0.717) is 30.0 Å². The lowest BCUT2D eigenvalue weighted by Gasteiger charge is -2.26. The maximum absolute atomic E-state index is 13.5. The number of hydrogen-bond acceptors (Lipinski definition) is 3. The van der Waals surface area contributed by atoms with Crippen molar-refractivity contribution in [1.29, 1.82) is 0 Å². The molecule has 1 aliphatic carbocycles. The van der Waals surface area contributed by atoms with Crippen molar-refractivity contribution in [1.82, 2.24) is 4.90 Å². The van der Waals surface area contributed by atoms with Crippen LogP contribution in [0.15, 0.2) is 48.5 Å². The molecule has 1 heterocycles. The van der Waals surface area contributed by atoms with E-state index in [0.717, 1.165) is 0 Å². The molecule has 2 aliphatic rings. The number of halogens is 1. The Labute approximate surface area is 152 Å². The van der Waals surface area contributed by atoms with Crippen LogP contribution >= 0.6 is 0 Å². The minimum atomic E-state index is -1.20. The van der Waals surface area contributed by atoms with Crippen LogP contribution in [-0.4, -0.2) is 29.0 Å². The molecular formula is C21H23FN2O2. The highest BCUT2D eigenvalue weighted by Crippen LogP contribution is 2.40. The number of aliphatic hydroxyl groups excluding tert-OH is 1. The maximum atomic E-state index is 13.5. The van der Waals surface area contributed by atoms with Crippen LogP contribution in [0.1, 0.15) is 48.0 Å². The lowest BCUT2D eigenvalue weighted by atomic mass is 9.90. The summed E-state index contributed by atoms with van der Waals surface area (Å²) < 4.78 is 13.5. The molecule has 0 spiro atoms. The molecule has 1 saturated carbocycles. The van der Waals surface area contributed by atoms with Crippen LogP contribution in [-0.2, 0) is 10.3 Å². The number of aliphatic hydroxyl groups is 1. The summed E-state index contributed by atoms with van der Waals surface area (Å²) in [4.78, 5) is 14.3. The molecule has 26 heavy (non-hydrogen) atoms. The summed E-state index contributed by atoms with van der Waals surface area (Å²) >= 11 is 0. The fourth-order valence-electron chi connectivity index (χ4n) is 3.74. The molecule has 1 aliphatic heterocycles. The van der Waals surface area contributed by atoms with Gasteiger partial charge in [-0.15, -0.1) is 0 Å². The zero-order valence-electron chi connectivity index (χ0n) is 14.6. The molecule has 0 aromatic heterocycles. The fourth-order valence-corrected chi connectivity index (χ4v) is 3.74. The van der Waals surface area contributed by atoms with Gasteiger partial charge in [0.15, 0.2) is 6.10 Å². The second kappa shape index (κ2) is 6.49. The third kappa shape index (κ3) is 3.24. The van der Waals surface area contributed by atoms with Crippen molar-refractivity contribution in [3.05, 3.63) is 71.0 Å². The molecule has 1 saturated heterocycles. The Morgan fingerprint density at radius 2 is 1.96 bits per heavy atom. The van der Waals surface area contributed by atoms with Crippen molar-refractivity contribution < 1.29 is 14.3 Å². The van der Waals surface area contributed by atoms with Crippen molar-refractivity contribution in [2.75, 3.05) is 13.1 Å². The Morgan fingerprint density at radius 1 is 1.23 bits per heavy atom. The molecule has 0 radical (unpaired) electrons. The van der Waals surface area contributed by atoms with E-state index in [1.807, 2.05) is 24.3 Å². The second-order valence-electron chi connectivity index (χ2n) is 7.52. The SMILES string of the molecule is NC1(c2cccc(F)c2)CCN(C(=O)C(O)c2ccc(C3CC3)cc2)C1. The Kier molecular flexibility index (Phi) is 4.29. The van der Waals surface area contributed by atoms with Crippen molar-refractivity contribution in [3.8, 4) is 0 Å². The van der Waals surface area contributed by atoms with Crippen LogP contribution < -0.4 is 5.73 Å². The van der Waals surface area contributed by atoms with Gasteiger partial charge in [-0.05, 0) is 54.0 Å². The van der Waals surface area contributed by atoms with E-state index in [4.69, 9.17) is 5.73 Å². The van der Waals surface area contributed by atoms with Gasteiger partial charge in [-0.25, -0.2) is 4.39 Å².